The Kier molecular flexibility index (Phi) is 6.13. The van der Waals surface area contributed by atoms with E-state index in [1.54, 1.807) is 0 Å². The molecule has 0 aromatic rings. The average molecular weight is 310 g/mol. The van der Waals surface area contributed by atoms with E-state index in [9.17, 15) is 4.79 Å². The van der Waals surface area contributed by atoms with E-state index in [2.05, 4.69) is 12.2 Å². The van der Waals surface area contributed by atoms with Crippen LogP contribution in [0.1, 0.15) is 72.6 Å². The Morgan fingerprint density at radius 1 is 1.14 bits per heavy atom. The number of amides is 1. The Balaban J connectivity index is 1.75. The second-order valence-corrected chi connectivity index (χ2v) is 8.06. The fraction of sp³-hybridized carbons (Fsp3) is 0.944. The summed E-state index contributed by atoms with van der Waals surface area (Å²) >= 11 is 0. The summed E-state index contributed by atoms with van der Waals surface area (Å²) in [6.45, 7) is 9.69. The highest BCUT2D eigenvalue weighted by Gasteiger charge is 2.31. The van der Waals surface area contributed by atoms with Crippen LogP contribution >= 0.6 is 0 Å². The summed E-state index contributed by atoms with van der Waals surface area (Å²) in [5, 5.41) is 3.80. The zero-order valence-corrected chi connectivity index (χ0v) is 14.9. The van der Waals surface area contributed by atoms with E-state index in [4.69, 9.17) is 4.74 Å². The fourth-order valence-electron chi connectivity index (χ4n) is 3.68. The molecule has 4 nitrogen and oxygen atoms in total. The summed E-state index contributed by atoms with van der Waals surface area (Å²) < 4.78 is 5.47. The Labute approximate surface area is 136 Å². The number of carbonyl (C=O) groups excluding carboxylic acids is 1. The zero-order chi connectivity index (χ0) is 16.2. The molecule has 1 aliphatic heterocycles. The minimum atomic E-state index is -0.404. The van der Waals surface area contributed by atoms with Gasteiger partial charge in [-0.3, -0.25) is 0 Å². The first-order chi connectivity index (χ1) is 10.4. The number of nitrogens with zero attached hydrogens (tertiary/aromatic N) is 1. The van der Waals surface area contributed by atoms with E-state index >= 15 is 0 Å². The lowest BCUT2D eigenvalue weighted by molar-refractivity contribution is 0.0290. The van der Waals surface area contributed by atoms with Gasteiger partial charge in [0.05, 0.1) is 0 Å². The van der Waals surface area contributed by atoms with Crippen LogP contribution in [-0.2, 0) is 4.74 Å². The van der Waals surface area contributed by atoms with Crippen LogP contribution in [0.15, 0.2) is 0 Å². The van der Waals surface area contributed by atoms with Gasteiger partial charge in [0.15, 0.2) is 0 Å². The maximum atomic E-state index is 12.1. The maximum absolute atomic E-state index is 12.1. The van der Waals surface area contributed by atoms with Crippen molar-refractivity contribution in [3.8, 4) is 0 Å². The molecule has 2 aliphatic rings. The number of ether oxygens (including phenoxy) is 1. The standard InChI is InChI=1S/C18H34N2O2/c1-5-14-7-6-8-15(10-9-14)19-16-11-12-20(13-16)17(21)22-18(2,3)4/h14-16,19H,5-13H2,1-4H3. The smallest absolute Gasteiger partial charge is 0.410 e. The fourth-order valence-corrected chi connectivity index (χ4v) is 3.68. The average Bonchev–Trinajstić information content (AvgIpc) is 2.77. The minimum Gasteiger partial charge on any atom is -0.444 e. The molecular weight excluding hydrogens is 276 g/mol. The van der Waals surface area contributed by atoms with Crippen LogP contribution < -0.4 is 5.32 Å². The molecule has 0 bridgehead atoms. The normalized spacial score (nSPS) is 30.2. The Morgan fingerprint density at radius 2 is 1.91 bits per heavy atom. The second kappa shape index (κ2) is 7.67. The summed E-state index contributed by atoms with van der Waals surface area (Å²) in [7, 11) is 0. The molecule has 1 aliphatic carbocycles. The lowest BCUT2D eigenvalue weighted by atomic mass is 9.97. The molecule has 4 heteroatoms. The first-order valence-electron chi connectivity index (χ1n) is 9.11. The first kappa shape index (κ1) is 17.6. The van der Waals surface area contributed by atoms with Gasteiger partial charge in [-0.05, 0) is 52.4 Å². The number of rotatable bonds is 3. The van der Waals surface area contributed by atoms with Gasteiger partial charge in [-0.2, -0.15) is 0 Å². The summed E-state index contributed by atoms with van der Waals surface area (Å²) in [5.41, 5.74) is -0.404. The molecule has 2 fully saturated rings. The minimum absolute atomic E-state index is 0.163. The van der Waals surface area contributed by atoms with Gasteiger partial charge in [0.2, 0.25) is 0 Å². The molecule has 0 radical (unpaired) electrons. The van der Waals surface area contributed by atoms with Gasteiger partial charge >= 0.3 is 6.09 Å². The van der Waals surface area contributed by atoms with Crippen molar-refractivity contribution in [2.24, 2.45) is 5.92 Å². The lowest BCUT2D eigenvalue weighted by Crippen LogP contribution is -2.41. The van der Waals surface area contributed by atoms with Crippen LogP contribution in [0.25, 0.3) is 0 Å². The second-order valence-electron chi connectivity index (χ2n) is 8.06. The van der Waals surface area contributed by atoms with Gasteiger partial charge < -0.3 is 15.0 Å². The number of hydrogen-bond donors (Lipinski definition) is 1. The molecule has 128 valence electrons. The third kappa shape index (κ3) is 5.45. The van der Waals surface area contributed by atoms with Crippen molar-refractivity contribution in [1.82, 2.24) is 10.2 Å². The molecule has 0 aromatic heterocycles. The molecule has 3 unspecified atom stereocenters. The van der Waals surface area contributed by atoms with Crippen LogP contribution in [0.5, 0.6) is 0 Å². The summed E-state index contributed by atoms with van der Waals surface area (Å²) in [6.07, 6.45) is 8.89. The number of carbonyl (C=O) groups is 1. The number of hydrogen-bond acceptors (Lipinski definition) is 3. The quantitative estimate of drug-likeness (QED) is 0.803. The van der Waals surface area contributed by atoms with E-state index in [0.717, 1.165) is 25.4 Å². The van der Waals surface area contributed by atoms with Crippen molar-refractivity contribution in [2.45, 2.75) is 90.3 Å². The van der Waals surface area contributed by atoms with Crippen molar-refractivity contribution in [3.05, 3.63) is 0 Å². The monoisotopic (exact) mass is 310 g/mol. The van der Waals surface area contributed by atoms with Crippen molar-refractivity contribution in [1.29, 1.82) is 0 Å². The molecule has 22 heavy (non-hydrogen) atoms. The van der Waals surface area contributed by atoms with Crippen LogP contribution in [-0.4, -0.2) is 41.8 Å². The van der Waals surface area contributed by atoms with Crippen molar-refractivity contribution in [2.75, 3.05) is 13.1 Å². The Bertz CT molecular complexity index is 365. The van der Waals surface area contributed by atoms with Crippen LogP contribution in [0.2, 0.25) is 0 Å². The van der Waals surface area contributed by atoms with Crippen LogP contribution in [0.3, 0.4) is 0 Å². The largest absolute Gasteiger partial charge is 0.444 e. The highest BCUT2D eigenvalue weighted by Crippen LogP contribution is 2.26. The van der Waals surface area contributed by atoms with Gasteiger partial charge in [0, 0.05) is 25.2 Å². The zero-order valence-electron chi connectivity index (χ0n) is 14.9. The van der Waals surface area contributed by atoms with E-state index in [0.29, 0.717) is 12.1 Å². The van der Waals surface area contributed by atoms with Gasteiger partial charge in [-0.25, -0.2) is 4.79 Å². The van der Waals surface area contributed by atoms with E-state index in [1.807, 2.05) is 25.7 Å². The van der Waals surface area contributed by atoms with E-state index in [-0.39, 0.29) is 6.09 Å². The molecule has 1 amide bonds. The molecule has 3 atom stereocenters. The Morgan fingerprint density at radius 3 is 2.59 bits per heavy atom. The van der Waals surface area contributed by atoms with Gasteiger partial charge in [-0.1, -0.05) is 26.2 Å². The van der Waals surface area contributed by atoms with Gasteiger partial charge in [-0.15, -0.1) is 0 Å². The SMILES string of the molecule is CCC1CCCC(NC2CCN(C(=O)OC(C)(C)C)C2)CC1. The highest BCUT2D eigenvalue weighted by molar-refractivity contribution is 5.68. The van der Waals surface area contributed by atoms with Gasteiger partial charge in [0.1, 0.15) is 5.60 Å². The number of nitrogens with one attached hydrogen (secondary N) is 1. The third-order valence-corrected chi connectivity index (χ3v) is 4.98. The lowest BCUT2D eigenvalue weighted by Gasteiger charge is -2.25. The molecule has 1 saturated heterocycles. The Hall–Kier alpha value is -0.770. The van der Waals surface area contributed by atoms with Crippen molar-refractivity contribution >= 4 is 6.09 Å². The summed E-state index contributed by atoms with van der Waals surface area (Å²) in [6, 6.07) is 1.08. The van der Waals surface area contributed by atoms with Crippen LogP contribution in [0, 0.1) is 5.92 Å². The predicted molar refractivity (Wildman–Crippen MR) is 90.0 cm³/mol. The summed E-state index contributed by atoms with van der Waals surface area (Å²) in [5.74, 6) is 0.925. The molecule has 1 saturated carbocycles. The maximum Gasteiger partial charge on any atom is 0.410 e. The molecule has 0 spiro atoms. The van der Waals surface area contributed by atoms with Gasteiger partial charge in [0.25, 0.3) is 0 Å². The predicted octanol–water partition coefficient (Wildman–Crippen LogP) is 3.94. The topological polar surface area (TPSA) is 41.6 Å². The third-order valence-electron chi connectivity index (χ3n) is 4.98. The van der Waals surface area contributed by atoms with E-state index in [1.165, 1.54) is 38.5 Å². The molecular formula is C18H34N2O2. The number of likely N-dealkylation sites (tertiary alicyclic amines) is 1. The molecule has 1 heterocycles. The highest BCUT2D eigenvalue weighted by atomic mass is 16.6. The van der Waals surface area contributed by atoms with Crippen molar-refractivity contribution in [3.63, 3.8) is 0 Å². The molecule has 2 rings (SSSR count). The van der Waals surface area contributed by atoms with E-state index < -0.39 is 5.60 Å². The summed E-state index contributed by atoms with van der Waals surface area (Å²) in [4.78, 5) is 14.0. The molecule has 0 aromatic carbocycles. The van der Waals surface area contributed by atoms with Crippen molar-refractivity contribution < 1.29 is 9.53 Å². The van der Waals surface area contributed by atoms with Crippen LogP contribution in [0.4, 0.5) is 4.79 Å². The first-order valence-corrected chi connectivity index (χ1v) is 9.11. The molecule has 1 N–H and O–H groups in total.